The number of likely N-dealkylation sites (N-methyl/N-ethyl adjacent to an activating group) is 1. The molecule has 0 aliphatic heterocycles. The molecule has 1 atom stereocenters. The summed E-state index contributed by atoms with van der Waals surface area (Å²) in [6, 6.07) is 9.57. The molecule has 0 spiro atoms. The van der Waals surface area contributed by atoms with E-state index in [1.54, 1.807) is 0 Å². The Kier molecular flexibility index (Phi) is 7.78. The van der Waals surface area contributed by atoms with Crippen molar-refractivity contribution in [2.75, 3.05) is 20.2 Å². The number of hydrogen-bond donors (Lipinski definition) is 2. The molecule has 2 aliphatic rings. The largest absolute Gasteiger partial charge is 0.491 e. The topological polar surface area (TPSA) is 44.7 Å². The van der Waals surface area contributed by atoms with Crippen LogP contribution in [0.2, 0.25) is 0 Å². The third-order valence-electron chi connectivity index (χ3n) is 5.99. The average Bonchev–Trinajstić information content (AvgIpc) is 3.19. The lowest BCUT2D eigenvalue weighted by Crippen LogP contribution is -2.40. The third kappa shape index (κ3) is 6.26. The van der Waals surface area contributed by atoms with Gasteiger partial charge in [0.15, 0.2) is 0 Å². The van der Waals surface area contributed by atoms with E-state index in [-0.39, 0.29) is 0 Å². The Morgan fingerprint density at radius 2 is 1.85 bits per heavy atom. The molecular formula is C22H36N2O2. The van der Waals surface area contributed by atoms with Crippen LogP contribution >= 0.6 is 0 Å². The molecule has 0 radical (unpaired) electrons. The van der Waals surface area contributed by atoms with Gasteiger partial charge in [-0.3, -0.25) is 0 Å². The SMILES string of the molecule is CN(CC(O)COc1cccc(CNC2CCCC2)c1)C1CCCCC1. The summed E-state index contributed by atoms with van der Waals surface area (Å²) in [5, 5.41) is 14.0. The summed E-state index contributed by atoms with van der Waals surface area (Å²) in [5.41, 5.74) is 1.25. The van der Waals surface area contributed by atoms with E-state index in [9.17, 15) is 5.11 Å². The Morgan fingerprint density at radius 3 is 2.62 bits per heavy atom. The molecule has 0 amide bonds. The highest BCUT2D eigenvalue weighted by Crippen LogP contribution is 2.22. The number of aliphatic hydroxyl groups excluding tert-OH is 1. The van der Waals surface area contributed by atoms with Gasteiger partial charge in [0.25, 0.3) is 0 Å². The van der Waals surface area contributed by atoms with Gasteiger partial charge in [-0.25, -0.2) is 0 Å². The van der Waals surface area contributed by atoms with E-state index in [1.165, 1.54) is 63.4 Å². The minimum absolute atomic E-state index is 0.358. The van der Waals surface area contributed by atoms with E-state index in [2.05, 4.69) is 29.4 Å². The number of aliphatic hydroxyl groups is 1. The van der Waals surface area contributed by atoms with Crippen LogP contribution in [0.25, 0.3) is 0 Å². The van der Waals surface area contributed by atoms with Crippen LogP contribution in [0.1, 0.15) is 63.4 Å². The van der Waals surface area contributed by atoms with Crippen LogP contribution in [0.4, 0.5) is 0 Å². The van der Waals surface area contributed by atoms with Crippen molar-refractivity contribution >= 4 is 0 Å². The summed E-state index contributed by atoms with van der Waals surface area (Å²) in [5.74, 6) is 0.857. The summed E-state index contributed by atoms with van der Waals surface area (Å²) < 4.78 is 5.86. The van der Waals surface area contributed by atoms with Gasteiger partial charge >= 0.3 is 0 Å². The zero-order valence-electron chi connectivity index (χ0n) is 16.3. The monoisotopic (exact) mass is 360 g/mol. The Hall–Kier alpha value is -1.10. The number of nitrogens with zero attached hydrogens (tertiary/aromatic N) is 1. The first-order chi connectivity index (χ1) is 12.7. The first-order valence-electron chi connectivity index (χ1n) is 10.5. The van der Waals surface area contributed by atoms with Crippen molar-refractivity contribution in [3.63, 3.8) is 0 Å². The van der Waals surface area contributed by atoms with Crippen LogP contribution in [0, 0.1) is 0 Å². The summed E-state index contributed by atoms with van der Waals surface area (Å²) in [6.45, 7) is 1.94. The number of nitrogens with one attached hydrogen (secondary N) is 1. The second-order valence-electron chi connectivity index (χ2n) is 8.21. The molecule has 0 bridgehead atoms. The maximum Gasteiger partial charge on any atom is 0.119 e. The molecular weight excluding hydrogens is 324 g/mol. The zero-order valence-corrected chi connectivity index (χ0v) is 16.3. The highest BCUT2D eigenvalue weighted by atomic mass is 16.5. The second-order valence-corrected chi connectivity index (χ2v) is 8.21. The van der Waals surface area contributed by atoms with Gasteiger partial charge in [0.1, 0.15) is 18.5 Å². The van der Waals surface area contributed by atoms with Gasteiger partial charge in [0, 0.05) is 25.2 Å². The van der Waals surface area contributed by atoms with E-state index in [0.717, 1.165) is 12.3 Å². The molecule has 1 aromatic carbocycles. The van der Waals surface area contributed by atoms with Crippen molar-refractivity contribution in [2.24, 2.45) is 0 Å². The minimum Gasteiger partial charge on any atom is -0.491 e. The molecule has 2 fully saturated rings. The average molecular weight is 361 g/mol. The van der Waals surface area contributed by atoms with Gasteiger partial charge in [-0.15, -0.1) is 0 Å². The summed E-state index contributed by atoms with van der Waals surface area (Å²) >= 11 is 0. The molecule has 1 unspecified atom stereocenters. The molecule has 1 aromatic rings. The van der Waals surface area contributed by atoms with E-state index >= 15 is 0 Å². The van der Waals surface area contributed by atoms with Gasteiger partial charge in [-0.2, -0.15) is 0 Å². The van der Waals surface area contributed by atoms with Crippen molar-refractivity contribution in [1.29, 1.82) is 0 Å². The van der Waals surface area contributed by atoms with E-state index in [1.807, 2.05) is 12.1 Å². The third-order valence-corrected chi connectivity index (χ3v) is 5.99. The summed E-state index contributed by atoms with van der Waals surface area (Å²) in [6.07, 6.45) is 11.4. The molecule has 4 nitrogen and oxygen atoms in total. The minimum atomic E-state index is -0.442. The molecule has 4 heteroatoms. The van der Waals surface area contributed by atoms with Gasteiger partial charge in [0.2, 0.25) is 0 Å². The number of ether oxygens (including phenoxy) is 1. The fourth-order valence-electron chi connectivity index (χ4n) is 4.39. The van der Waals surface area contributed by atoms with E-state index in [0.29, 0.717) is 25.2 Å². The van der Waals surface area contributed by atoms with Crippen LogP contribution in [-0.2, 0) is 6.54 Å². The van der Waals surface area contributed by atoms with E-state index in [4.69, 9.17) is 4.74 Å². The van der Waals surface area contributed by atoms with Gasteiger partial charge < -0.3 is 20.1 Å². The fourth-order valence-corrected chi connectivity index (χ4v) is 4.39. The maximum atomic E-state index is 10.3. The molecule has 3 rings (SSSR count). The molecule has 2 saturated carbocycles. The molecule has 0 aromatic heterocycles. The predicted octanol–water partition coefficient (Wildman–Crippen LogP) is 3.72. The van der Waals surface area contributed by atoms with Gasteiger partial charge in [-0.05, 0) is 50.4 Å². The first kappa shape index (κ1) is 19.7. The predicted molar refractivity (Wildman–Crippen MR) is 107 cm³/mol. The molecule has 0 saturated heterocycles. The Labute approximate surface area is 158 Å². The standard InChI is InChI=1S/C22H36N2O2/c1-24(20-11-3-2-4-12-20)16-21(25)17-26-22-13-7-8-18(14-22)15-23-19-9-5-6-10-19/h7-8,13-14,19-21,23,25H,2-6,9-12,15-17H2,1H3. The number of benzene rings is 1. The molecule has 2 N–H and O–H groups in total. The lowest BCUT2D eigenvalue weighted by molar-refractivity contribution is 0.0561. The van der Waals surface area contributed by atoms with Crippen molar-refractivity contribution in [2.45, 2.75) is 82.5 Å². The Balaban J connectivity index is 1.39. The molecule has 0 heterocycles. The quantitative estimate of drug-likeness (QED) is 0.704. The molecule has 26 heavy (non-hydrogen) atoms. The van der Waals surface area contributed by atoms with Crippen molar-refractivity contribution in [1.82, 2.24) is 10.2 Å². The normalized spacial score (nSPS) is 20.6. The van der Waals surface area contributed by atoms with Gasteiger partial charge in [-0.1, -0.05) is 44.2 Å². The van der Waals surface area contributed by atoms with Crippen molar-refractivity contribution in [3.8, 4) is 5.75 Å². The zero-order chi connectivity index (χ0) is 18.2. The van der Waals surface area contributed by atoms with Crippen LogP contribution < -0.4 is 10.1 Å². The number of hydrogen-bond acceptors (Lipinski definition) is 4. The summed E-state index contributed by atoms with van der Waals surface area (Å²) in [4.78, 5) is 2.31. The maximum absolute atomic E-state index is 10.3. The van der Waals surface area contributed by atoms with Crippen LogP contribution in [0.5, 0.6) is 5.75 Å². The Morgan fingerprint density at radius 1 is 1.12 bits per heavy atom. The Bertz CT molecular complexity index is 525. The lowest BCUT2D eigenvalue weighted by Gasteiger charge is -2.32. The van der Waals surface area contributed by atoms with Gasteiger partial charge in [0.05, 0.1) is 0 Å². The van der Waals surface area contributed by atoms with Crippen molar-refractivity contribution < 1.29 is 9.84 Å². The van der Waals surface area contributed by atoms with Crippen LogP contribution in [0.3, 0.4) is 0 Å². The molecule has 146 valence electrons. The smallest absolute Gasteiger partial charge is 0.119 e. The second kappa shape index (κ2) is 10.3. The van der Waals surface area contributed by atoms with Crippen LogP contribution in [-0.4, -0.2) is 48.4 Å². The van der Waals surface area contributed by atoms with Crippen LogP contribution in [0.15, 0.2) is 24.3 Å². The number of rotatable bonds is 9. The lowest BCUT2D eigenvalue weighted by atomic mass is 9.94. The highest BCUT2D eigenvalue weighted by Gasteiger charge is 2.20. The fraction of sp³-hybridized carbons (Fsp3) is 0.727. The van der Waals surface area contributed by atoms with Crippen molar-refractivity contribution in [3.05, 3.63) is 29.8 Å². The summed E-state index contributed by atoms with van der Waals surface area (Å²) in [7, 11) is 2.13. The van der Waals surface area contributed by atoms with E-state index < -0.39 is 6.10 Å². The first-order valence-corrected chi connectivity index (χ1v) is 10.5. The highest BCUT2D eigenvalue weighted by molar-refractivity contribution is 5.28. The molecule has 2 aliphatic carbocycles.